The first-order valence-electron chi connectivity index (χ1n) is 5.25. The van der Waals surface area contributed by atoms with E-state index in [9.17, 15) is 4.79 Å². The van der Waals surface area contributed by atoms with Crippen molar-refractivity contribution in [2.45, 2.75) is 25.8 Å². The van der Waals surface area contributed by atoms with Gasteiger partial charge in [-0.25, -0.2) is 9.78 Å². The van der Waals surface area contributed by atoms with Crippen LogP contribution in [0.1, 0.15) is 30.1 Å². The topological polar surface area (TPSA) is 53.4 Å². The molecule has 1 aromatic heterocycles. The average Bonchev–Trinajstić information content (AvgIpc) is 2.64. The van der Waals surface area contributed by atoms with Gasteiger partial charge in [0.25, 0.3) is 0 Å². The molecule has 1 unspecified atom stereocenters. The van der Waals surface area contributed by atoms with Gasteiger partial charge in [0.1, 0.15) is 5.82 Å². The van der Waals surface area contributed by atoms with Gasteiger partial charge in [-0.2, -0.15) is 0 Å². The molecule has 0 radical (unpaired) electrons. The molecule has 5 heteroatoms. The quantitative estimate of drug-likeness (QED) is 0.863. The highest BCUT2D eigenvalue weighted by molar-refractivity contribution is 6.33. The number of rotatable bonds is 2. The lowest BCUT2D eigenvalue weighted by Crippen LogP contribution is -2.27. The van der Waals surface area contributed by atoms with Crippen LogP contribution in [0.4, 0.5) is 5.82 Å². The second kappa shape index (κ2) is 4.29. The van der Waals surface area contributed by atoms with Gasteiger partial charge < -0.3 is 10.0 Å². The molecule has 1 aliphatic heterocycles. The van der Waals surface area contributed by atoms with Crippen molar-refractivity contribution in [3.63, 3.8) is 0 Å². The van der Waals surface area contributed by atoms with E-state index >= 15 is 0 Å². The Kier molecular flexibility index (Phi) is 3.01. The molecule has 0 aliphatic carbocycles. The van der Waals surface area contributed by atoms with Crippen molar-refractivity contribution >= 4 is 23.4 Å². The van der Waals surface area contributed by atoms with Crippen LogP contribution < -0.4 is 4.90 Å². The van der Waals surface area contributed by atoms with Gasteiger partial charge in [-0.05, 0) is 25.8 Å². The van der Waals surface area contributed by atoms with E-state index in [0.717, 1.165) is 19.4 Å². The molecular formula is C11H13ClN2O2. The molecule has 16 heavy (non-hydrogen) atoms. The van der Waals surface area contributed by atoms with Crippen LogP contribution in [0, 0.1) is 0 Å². The summed E-state index contributed by atoms with van der Waals surface area (Å²) in [6.07, 6.45) is 3.60. The van der Waals surface area contributed by atoms with E-state index in [1.165, 1.54) is 12.3 Å². The van der Waals surface area contributed by atoms with Crippen LogP contribution in [0.15, 0.2) is 12.3 Å². The standard InChI is InChI=1S/C11H13ClN2O2/c1-7-3-2-4-14(7)10-9(12)5-8(6-13-10)11(15)16/h5-7H,2-4H2,1H3,(H,15,16). The van der Waals surface area contributed by atoms with Crippen LogP contribution in [-0.2, 0) is 0 Å². The van der Waals surface area contributed by atoms with Crippen molar-refractivity contribution in [1.29, 1.82) is 0 Å². The first kappa shape index (κ1) is 11.2. The lowest BCUT2D eigenvalue weighted by Gasteiger charge is -2.23. The first-order valence-corrected chi connectivity index (χ1v) is 5.63. The van der Waals surface area contributed by atoms with Gasteiger partial charge in [0.15, 0.2) is 0 Å². The molecule has 2 rings (SSSR count). The zero-order chi connectivity index (χ0) is 11.7. The van der Waals surface area contributed by atoms with Gasteiger partial charge in [0.2, 0.25) is 0 Å². The van der Waals surface area contributed by atoms with Gasteiger partial charge in [0.05, 0.1) is 10.6 Å². The summed E-state index contributed by atoms with van der Waals surface area (Å²) in [5, 5.41) is 9.22. The summed E-state index contributed by atoms with van der Waals surface area (Å²) >= 11 is 6.05. The van der Waals surface area contributed by atoms with Gasteiger partial charge >= 0.3 is 5.97 Å². The summed E-state index contributed by atoms with van der Waals surface area (Å²) < 4.78 is 0. The minimum atomic E-state index is -1.00. The summed E-state index contributed by atoms with van der Waals surface area (Å²) in [5.41, 5.74) is 0.126. The number of halogens is 1. The Hall–Kier alpha value is -1.29. The van der Waals surface area contributed by atoms with E-state index in [1.54, 1.807) is 0 Å². The highest BCUT2D eigenvalue weighted by atomic mass is 35.5. The SMILES string of the molecule is CC1CCCN1c1ncc(C(=O)O)cc1Cl. The number of nitrogens with zero attached hydrogens (tertiary/aromatic N) is 2. The Morgan fingerprint density at radius 3 is 2.94 bits per heavy atom. The Balaban J connectivity index is 2.32. The molecule has 2 heterocycles. The van der Waals surface area contributed by atoms with Crippen LogP contribution >= 0.6 is 11.6 Å². The zero-order valence-electron chi connectivity index (χ0n) is 8.98. The summed E-state index contributed by atoms with van der Waals surface area (Å²) in [5.74, 6) is -0.313. The number of carbonyl (C=O) groups is 1. The van der Waals surface area contributed by atoms with Crippen LogP contribution in [0.25, 0.3) is 0 Å². The molecule has 0 aromatic carbocycles. The molecule has 0 bridgehead atoms. The molecule has 0 amide bonds. The normalized spacial score (nSPS) is 20.1. The molecule has 1 aromatic rings. The van der Waals surface area contributed by atoms with E-state index in [-0.39, 0.29) is 5.56 Å². The Labute approximate surface area is 98.9 Å². The van der Waals surface area contributed by atoms with Crippen molar-refractivity contribution in [1.82, 2.24) is 4.98 Å². The van der Waals surface area contributed by atoms with Crippen LogP contribution in [0.2, 0.25) is 5.02 Å². The molecule has 1 saturated heterocycles. The second-order valence-electron chi connectivity index (χ2n) is 4.02. The maximum atomic E-state index is 10.7. The number of hydrogen-bond acceptors (Lipinski definition) is 3. The van der Waals surface area contributed by atoms with Crippen molar-refractivity contribution in [3.05, 3.63) is 22.8 Å². The summed E-state index contributed by atoms with van der Waals surface area (Å²) in [6.45, 7) is 3.05. The minimum Gasteiger partial charge on any atom is -0.478 e. The van der Waals surface area contributed by atoms with Gasteiger partial charge in [0, 0.05) is 18.8 Å². The van der Waals surface area contributed by atoms with E-state index in [4.69, 9.17) is 16.7 Å². The number of anilines is 1. The minimum absolute atomic E-state index is 0.126. The largest absolute Gasteiger partial charge is 0.478 e. The van der Waals surface area contributed by atoms with Gasteiger partial charge in [-0.15, -0.1) is 0 Å². The third-order valence-electron chi connectivity index (χ3n) is 2.89. The number of aromatic carboxylic acids is 1. The molecule has 1 fully saturated rings. The molecular weight excluding hydrogens is 228 g/mol. The summed E-state index contributed by atoms with van der Waals surface area (Å²) in [4.78, 5) is 17.0. The average molecular weight is 241 g/mol. The van der Waals surface area contributed by atoms with E-state index in [0.29, 0.717) is 16.9 Å². The Bertz CT molecular complexity index is 422. The third kappa shape index (κ3) is 1.97. The van der Waals surface area contributed by atoms with Crippen molar-refractivity contribution in [3.8, 4) is 0 Å². The van der Waals surface area contributed by atoms with E-state index < -0.39 is 5.97 Å². The van der Waals surface area contributed by atoms with Crippen LogP contribution in [-0.4, -0.2) is 28.6 Å². The zero-order valence-corrected chi connectivity index (χ0v) is 9.74. The second-order valence-corrected chi connectivity index (χ2v) is 4.43. The van der Waals surface area contributed by atoms with E-state index in [1.807, 2.05) is 0 Å². The van der Waals surface area contributed by atoms with Gasteiger partial charge in [-0.1, -0.05) is 11.6 Å². The first-order chi connectivity index (χ1) is 7.59. The van der Waals surface area contributed by atoms with Crippen LogP contribution in [0.5, 0.6) is 0 Å². The highest BCUT2D eigenvalue weighted by Crippen LogP contribution is 2.30. The Morgan fingerprint density at radius 2 is 2.44 bits per heavy atom. The monoisotopic (exact) mass is 240 g/mol. The number of carboxylic acids is 1. The third-order valence-corrected chi connectivity index (χ3v) is 3.17. The van der Waals surface area contributed by atoms with Crippen molar-refractivity contribution in [2.24, 2.45) is 0 Å². The lowest BCUT2D eigenvalue weighted by molar-refractivity contribution is 0.0696. The number of hydrogen-bond donors (Lipinski definition) is 1. The summed E-state index contributed by atoms with van der Waals surface area (Å²) in [7, 11) is 0. The molecule has 0 saturated carbocycles. The summed E-state index contributed by atoms with van der Waals surface area (Å²) in [6, 6.07) is 1.87. The fourth-order valence-corrected chi connectivity index (χ4v) is 2.28. The molecule has 0 spiro atoms. The maximum Gasteiger partial charge on any atom is 0.337 e. The Morgan fingerprint density at radius 1 is 1.69 bits per heavy atom. The molecule has 1 N–H and O–H groups in total. The molecule has 1 aliphatic rings. The predicted molar refractivity (Wildman–Crippen MR) is 62.2 cm³/mol. The van der Waals surface area contributed by atoms with Crippen molar-refractivity contribution in [2.75, 3.05) is 11.4 Å². The van der Waals surface area contributed by atoms with Crippen molar-refractivity contribution < 1.29 is 9.90 Å². The maximum absolute atomic E-state index is 10.7. The fourth-order valence-electron chi connectivity index (χ4n) is 2.01. The number of aromatic nitrogens is 1. The lowest BCUT2D eigenvalue weighted by atomic mass is 10.2. The predicted octanol–water partition coefficient (Wildman–Crippen LogP) is 2.42. The molecule has 1 atom stereocenters. The smallest absolute Gasteiger partial charge is 0.337 e. The van der Waals surface area contributed by atoms with Gasteiger partial charge in [-0.3, -0.25) is 0 Å². The molecule has 4 nitrogen and oxygen atoms in total. The number of carboxylic acid groups (broad SMARTS) is 1. The van der Waals surface area contributed by atoms with Crippen LogP contribution in [0.3, 0.4) is 0 Å². The fraction of sp³-hybridized carbons (Fsp3) is 0.455. The number of pyridine rings is 1. The van der Waals surface area contributed by atoms with E-state index in [2.05, 4.69) is 16.8 Å². The molecule has 86 valence electrons. The highest BCUT2D eigenvalue weighted by Gasteiger charge is 2.23.